The van der Waals surface area contributed by atoms with Gasteiger partial charge in [0.05, 0.1) is 0 Å². The molecule has 0 aromatic heterocycles. The number of rotatable bonds is 21. The monoisotopic (exact) mass is 1020 g/mol. The standard InChI is InChI=1S/C60H60O10Se/c1-8-22-43(23-9-1)36-61-41-50-52(62-37-44-24-10-2-11-25-44)54(63-38-45-26-12-3-13-27-45)56(64-39-46-28-14-4-15-29-46)59(67-50)70-55-53-51(42-66-58(69-53)48-32-18-6-19-33-48)68-60(71-49-34-20-7-21-35-49)57(55)65-40-47-30-16-5-17-31-47/h1-35,50-60H,36-42H2/t50-,51-,52-,53-,54+,55+,56-,57+,58-,59-,60-/m1/s1. The number of ether oxygens (including phenoxy) is 10. The molecule has 10 rings (SSSR count). The van der Waals surface area contributed by atoms with E-state index in [0.29, 0.717) is 19.8 Å². The SMILES string of the molecule is c1ccc(COC[C@H]2O[C@H](O[C@@H]3[C@H](OCc4ccccc4)[C@@H]([Se]c4ccccc4)O[C@@H]4CO[C@@H](c5ccccc5)O[C@@H]34)[C@H](OCc3ccccc3)[C@@H](OCc3ccccc3)[C@@H]2OCc2ccccc2)cc1. The minimum atomic E-state index is -1.03. The van der Waals surface area contributed by atoms with E-state index >= 15 is 0 Å². The molecule has 0 amide bonds. The molecular formula is C60H60O10Se. The van der Waals surface area contributed by atoms with Crippen LogP contribution >= 0.6 is 0 Å². The Hall–Kier alpha value is -5.34. The van der Waals surface area contributed by atoms with Crippen molar-refractivity contribution in [3.63, 3.8) is 0 Å². The average Bonchev–Trinajstić information content (AvgIpc) is 3.43. The molecule has 7 aromatic rings. The Morgan fingerprint density at radius 3 is 1.37 bits per heavy atom. The second-order valence-corrected chi connectivity index (χ2v) is 20.3. The molecule has 3 fully saturated rings. The summed E-state index contributed by atoms with van der Waals surface area (Å²) in [7, 11) is 0. The van der Waals surface area contributed by atoms with Gasteiger partial charge in [0.15, 0.2) is 0 Å². The summed E-state index contributed by atoms with van der Waals surface area (Å²) in [5, 5.41) is -0.398. The first-order chi connectivity index (χ1) is 35.2. The number of benzene rings is 7. The zero-order valence-electron chi connectivity index (χ0n) is 39.5. The molecule has 0 aliphatic carbocycles. The van der Waals surface area contributed by atoms with Crippen molar-refractivity contribution >= 4 is 19.4 Å². The number of fused-ring (bicyclic) bond motifs is 1. The Kier molecular flexibility index (Phi) is 17.6. The molecule has 366 valence electrons. The van der Waals surface area contributed by atoms with Crippen molar-refractivity contribution in [1.82, 2.24) is 0 Å². The van der Waals surface area contributed by atoms with Crippen molar-refractivity contribution < 1.29 is 47.4 Å². The zero-order chi connectivity index (χ0) is 47.9. The third-order valence-corrected chi connectivity index (χ3v) is 15.2. The van der Waals surface area contributed by atoms with Crippen LogP contribution < -0.4 is 4.46 Å². The zero-order valence-corrected chi connectivity index (χ0v) is 41.2. The van der Waals surface area contributed by atoms with Crippen LogP contribution in [0.15, 0.2) is 212 Å². The van der Waals surface area contributed by atoms with Crippen LogP contribution in [0.1, 0.15) is 39.7 Å². The second-order valence-electron chi connectivity index (χ2n) is 17.8. The molecule has 0 unspecified atom stereocenters. The first-order valence-electron chi connectivity index (χ1n) is 24.4. The van der Waals surface area contributed by atoms with Gasteiger partial charge in [-0.2, -0.15) is 0 Å². The fourth-order valence-electron chi connectivity index (χ4n) is 9.16. The fraction of sp³-hybridized carbons (Fsp3) is 0.300. The van der Waals surface area contributed by atoms with Crippen LogP contribution in [0.5, 0.6) is 0 Å². The van der Waals surface area contributed by atoms with Gasteiger partial charge in [0, 0.05) is 0 Å². The summed E-state index contributed by atoms with van der Waals surface area (Å²) in [6.45, 7) is 2.01. The van der Waals surface area contributed by atoms with Crippen molar-refractivity contribution in [3.8, 4) is 0 Å². The molecule has 0 spiro atoms. The van der Waals surface area contributed by atoms with E-state index in [4.69, 9.17) is 47.4 Å². The van der Waals surface area contributed by atoms with Crippen molar-refractivity contribution in [3.05, 3.63) is 246 Å². The van der Waals surface area contributed by atoms with E-state index < -0.39 is 66.4 Å². The first kappa shape index (κ1) is 49.2. The Morgan fingerprint density at radius 2 is 0.845 bits per heavy atom. The first-order valence-corrected chi connectivity index (χ1v) is 26.3. The molecule has 3 saturated heterocycles. The van der Waals surface area contributed by atoms with Crippen LogP contribution in [-0.2, 0) is 80.4 Å². The summed E-state index contributed by atoms with van der Waals surface area (Å²) >= 11 is -0.215. The van der Waals surface area contributed by atoms with E-state index in [0.717, 1.165) is 37.8 Å². The van der Waals surface area contributed by atoms with Gasteiger partial charge in [-0.25, -0.2) is 0 Å². The van der Waals surface area contributed by atoms with E-state index in [1.165, 1.54) is 0 Å². The van der Waals surface area contributed by atoms with Gasteiger partial charge in [-0.05, 0) is 0 Å². The van der Waals surface area contributed by atoms with Crippen LogP contribution in [0.3, 0.4) is 0 Å². The van der Waals surface area contributed by atoms with Crippen molar-refractivity contribution in [2.24, 2.45) is 0 Å². The van der Waals surface area contributed by atoms with E-state index in [1.807, 2.05) is 127 Å². The molecule has 3 aliphatic rings. The van der Waals surface area contributed by atoms with Crippen LogP contribution in [0.4, 0.5) is 0 Å². The maximum atomic E-state index is 7.63. The van der Waals surface area contributed by atoms with Crippen LogP contribution in [0, 0.1) is 0 Å². The van der Waals surface area contributed by atoms with Crippen molar-refractivity contribution in [1.29, 1.82) is 0 Å². The van der Waals surface area contributed by atoms with Gasteiger partial charge in [-0.1, -0.05) is 42.5 Å². The van der Waals surface area contributed by atoms with Gasteiger partial charge in [-0.15, -0.1) is 0 Å². The van der Waals surface area contributed by atoms with E-state index in [-0.39, 0.29) is 41.4 Å². The third-order valence-electron chi connectivity index (χ3n) is 12.8. The summed E-state index contributed by atoms with van der Waals surface area (Å²) < 4.78 is 71.6. The topological polar surface area (TPSA) is 92.3 Å². The number of hydrogen-bond donors (Lipinski definition) is 0. The summed E-state index contributed by atoms with van der Waals surface area (Å²) in [5.41, 5.74) is 5.97. The molecule has 71 heavy (non-hydrogen) atoms. The van der Waals surface area contributed by atoms with Gasteiger partial charge in [0.2, 0.25) is 0 Å². The fourth-order valence-corrected chi connectivity index (χ4v) is 11.6. The van der Waals surface area contributed by atoms with E-state index in [2.05, 4.69) is 84.9 Å². The van der Waals surface area contributed by atoms with Crippen LogP contribution in [-0.4, -0.2) is 88.3 Å². The Morgan fingerprint density at radius 1 is 0.408 bits per heavy atom. The second kappa shape index (κ2) is 25.4. The Bertz CT molecular complexity index is 2590. The minimum Gasteiger partial charge on any atom is -0.0622 e. The minimum absolute atomic E-state index is 0.179. The van der Waals surface area contributed by atoms with Crippen molar-refractivity contribution in [2.45, 2.75) is 99.4 Å². The summed E-state index contributed by atoms with van der Waals surface area (Å²) in [5.74, 6) is 0. The molecule has 7 aromatic carbocycles. The molecule has 0 saturated carbocycles. The van der Waals surface area contributed by atoms with Gasteiger partial charge in [0.1, 0.15) is 0 Å². The molecule has 11 heteroatoms. The summed E-state index contributed by atoms with van der Waals surface area (Å²) in [6, 6.07) is 71.1. The normalized spacial score (nSPS) is 26.3. The van der Waals surface area contributed by atoms with E-state index in [9.17, 15) is 0 Å². The smallest absolute Gasteiger partial charge is 0.0622 e. The summed E-state index contributed by atoms with van der Waals surface area (Å²) in [4.78, 5) is 0. The van der Waals surface area contributed by atoms with Gasteiger partial charge in [-0.3, -0.25) is 0 Å². The summed E-state index contributed by atoms with van der Waals surface area (Å²) in [6.07, 6.45) is -7.03. The van der Waals surface area contributed by atoms with E-state index in [1.54, 1.807) is 0 Å². The van der Waals surface area contributed by atoms with Crippen LogP contribution in [0.25, 0.3) is 0 Å². The predicted octanol–water partition coefficient (Wildman–Crippen LogP) is 9.52. The number of hydrogen-bond acceptors (Lipinski definition) is 10. The van der Waals surface area contributed by atoms with Crippen LogP contribution in [0.2, 0.25) is 0 Å². The Labute approximate surface area is 423 Å². The Balaban J connectivity index is 1.05. The molecule has 3 aliphatic heterocycles. The van der Waals surface area contributed by atoms with Crippen molar-refractivity contribution in [2.75, 3.05) is 13.2 Å². The quantitative estimate of drug-likeness (QED) is 0.0649. The van der Waals surface area contributed by atoms with Gasteiger partial charge < -0.3 is 0 Å². The molecule has 0 N–H and O–H groups in total. The molecule has 0 bridgehead atoms. The molecular weight excluding hydrogens is 960 g/mol. The maximum absolute atomic E-state index is 7.63. The van der Waals surface area contributed by atoms with Gasteiger partial charge in [0.25, 0.3) is 0 Å². The molecule has 0 radical (unpaired) electrons. The predicted molar refractivity (Wildman–Crippen MR) is 270 cm³/mol. The molecule has 3 heterocycles. The average molecular weight is 1020 g/mol. The molecule has 11 atom stereocenters. The van der Waals surface area contributed by atoms with Gasteiger partial charge >= 0.3 is 383 Å². The third kappa shape index (κ3) is 13.4. The molecule has 10 nitrogen and oxygen atoms in total.